The van der Waals surface area contributed by atoms with Gasteiger partial charge in [0, 0.05) is 31.0 Å². The molecule has 2 aliphatic rings. The Balaban J connectivity index is 1.36. The van der Waals surface area contributed by atoms with E-state index in [0.29, 0.717) is 24.9 Å². The first-order valence-electron chi connectivity index (χ1n) is 10.8. The van der Waals surface area contributed by atoms with Crippen LogP contribution in [-0.2, 0) is 36.8 Å². The highest BCUT2D eigenvalue weighted by Crippen LogP contribution is 2.23. The van der Waals surface area contributed by atoms with E-state index in [-0.39, 0.29) is 24.3 Å². The molecule has 8 nitrogen and oxygen atoms in total. The van der Waals surface area contributed by atoms with Crippen LogP contribution in [0.25, 0.3) is 0 Å². The van der Waals surface area contributed by atoms with Crippen LogP contribution in [0.15, 0.2) is 66.4 Å². The molecule has 2 aromatic rings. The zero-order valence-corrected chi connectivity index (χ0v) is 17.9. The lowest BCUT2D eigenvalue weighted by molar-refractivity contribution is -0.149. The summed E-state index contributed by atoms with van der Waals surface area (Å²) in [7, 11) is 0. The van der Waals surface area contributed by atoms with Gasteiger partial charge in [-0.15, -0.1) is 0 Å². The highest BCUT2D eigenvalue weighted by molar-refractivity contribution is 6.20. The minimum Gasteiger partial charge on any atom is -0.351 e. The van der Waals surface area contributed by atoms with E-state index in [0.717, 1.165) is 22.1 Å². The Morgan fingerprint density at radius 1 is 1.00 bits per heavy atom. The van der Waals surface area contributed by atoms with Gasteiger partial charge < -0.3 is 5.32 Å². The molecule has 4 amide bonds. The number of hydrogen-bond acceptors (Lipinski definition) is 6. The molecule has 33 heavy (non-hydrogen) atoms. The third-order valence-electron chi connectivity index (χ3n) is 5.62. The van der Waals surface area contributed by atoms with Crippen LogP contribution in [0.2, 0.25) is 0 Å². The Morgan fingerprint density at radius 2 is 1.76 bits per heavy atom. The summed E-state index contributed by atoms with van der Waals surface area (Å²) in [6.45, 7) is 0. The summed E-state index contributed by atoms with van der Waals surface area (Å²) < 4.78 is 0. The van der Waals surface area contributed by atoms with Crippen LogP contribution in [0.5, 0.6) is 0 Å². The summed E-state index contributed by atoms with van der Waals surface area (Å²) in [5.74, 6) is -2.14. The van der Waals surface area contributed by atoms with Crippen LogP contribution in [0.3, 0.4) is 0 Å². The third kappa shape index (κ3) is 5.23. The van der Waals surface area contributed by atoms with Crippen molar-refractivity contribution < 1.29 is 24.0 Å². The molecule has 4 rings (SSSR count). The maximum atomic E-state index is 12.8. The number of amides is 4. The van der Waals surface area contributed by atoms with Gasteiger partial charge in [0.15, 0.2) is 0 Å². The molecule has 2 aromatic carbocycles. The molecule has 0 aromatic heterocycles. The summed E-state index contributed by atoms with van der Waals surface area (Å²) in [6, 6.07) is 15.8. The van der Waals surface area contributed by atoms with Crippen LogP contribution in [0.1, 0.15) is 30.4 Å². The van der Waals surface area contributed by atoms with Crippen molar-refractivity contribution in [2.45, 2.75) is 38.1 Å². The van der Waals surface area contributed by atoms with E-state index in [1.807, 2.05) is 42.5 Å². The SMILES string of the molecule is O=C(CCc1cccc(NC2=CC(=O)N(C3CCC(=O)NC3=O)C2=O)c1)Cc1ccccc1. The summed E-state index contributed by atoms with van der Waals surface area (Å²) in [5, 5.41) is 5.11. The molecule has 0 aliphatic carbocycles. The maximum Gasteiger partial charge on any atom is 0.278 e. The van der Waals surface area contributed by atoms with Gasteiger partial charge in [-0.1, -0.05) is 42.5 Å². The maximum absolute atomic E-state index is 12.8. The fourth-order valence-corrected chi connectivity index (χ4v) is 3.95. The third-order valence-corrected chi connectivity index (χ3v) is 5.62. The Kier molecular flexibility index (Phi) is 6.44. The smallest absolute Gasteiger partial charge is 0.278 e. The zero-order valence-electron chi connectivity index (χ0n) is 17.9. The van der Waals surface area contributed by atoms with Crippen LogP contribution in [0.4, 0.5) is 5.69 Å². The second-order valence-corrected chi connectivity index (χ2v) is 8.06. The summed E-state index contributed by atoms with van der Waals surface area (Å²) in [6.07, 6.45) is 2.66. The number of imide groups is 2. The van der Waals surface area contributed by atoms with Crippen molar-refractivity contribution in [1.82, 2.24) is 10.2 Å². The van der Waals surface area contributed by atoms with Crippen molar-refractivity contribution in [1.29, 1.82) is 0 Å². The monoisotopic (exact) mass is 445 g/mol. The molecule has 1 saturated heterocycles. The highest BCUT2D eigenvalue weighted by atomic mass is 16.2. The normalized spacial score (nSPS) is 18.2. The fourth-order valence-electron chi connectivity index (χ4n) is 3.95. The molecule has 1 unspecified atom stereocenters. The van der Waals surface area contributed by atoms with Crippen molar-refractivity contribution in [2.75, 3.05) is 5.32 Å². The molecule has 0 radical (unpaired) electrons. The highest BCUT2D eigenvalue weighted by Gasteiger charge is 2.42. The van der Waals surface area contributed by atoms with Crippen molar-refractivity contribution in [2.24, 2.45) is 0 Å². The van der Waals surface area contributed by atoms with Gasteiger partial charge >= 0.3 is 0 Å². The second kappa shape index (κ2) is 9.60. The van der Waals surface area contributed by atoms with Crippen molar-refractivity contribution in [3.63, 3.8) is 0 Å². The molecular formula is C25H23N3O5. The topological polar surface area (TPSA) is 113 Å². The second-order valence-electron chi connectivity index (χ2n) is 8.06. The summed E-state index contributed by atoms with van der Waals surface area (Å²) in [4.78, 5) is 61.8. The number of Topliss-reactive ketones (excluding diaryl/α,β-unsaturated/α-hetero) is 1. The van der Waals surface area contributed by atoms with Crippen LogP contribution < -0.4 is 10.6 Å². The lowest BCUT2D eigenvalue weighted by atomic mass is 10.0. The number of carbonyl (C=O) groups excluding carboxylic acids is 5. The van der Waals surface area contributed by atoms with Gasteiger partial charge in [0.1, 0.15) is 17.5 Å². The number of aryl methyl sites for hydroxylation is 1. The van der Waals surface area contributed by atoms with E-state index in [4.69, 9.17) is 0 Å². The van der Waals surface area contributed by atoms with Gasteiger partial charge in [-0.2, -0.15) is 0 Å². The molecule has 168 valence electrons. The van der Waals surface area contributed by atoms with E-state index >= 15 is 0 Å². The Hall–Kier alpha value is -4.07. The Labute approximate surface area is 190 Å². The van der Waals surface area contributed by atoms with E-state index in [9.17, 15) is 24.0 Å². The van der Waals surface area contributed by atoms with Crippen molar-refractivity contribution in [3.05, 3.63) is 77.5 Å². The molecule has 0 bridgehead atoms. The number of benzene rings is 2. The average Bonchev–Trinajstić information content (AvgIpc) is 3.06. The lowest BCUT2D eigenvalue weighted by Crippen LogP contribution is -2.54. The molecule has 0 spiro atoms. The quantitative estimate of drug-likeness (QED) is 0.600. The average molecular weight is 445 g/mol. The first kappa shape index (κ1) is 22.1. The minimum atomic E-state index is -1.000. The van der Waals surface area contributed by atoms with E-state index in [1.54, 1.807) is 12.1 Å². The first-order chi connectivity index (χ1) is 15.9. The number of piperidine rings is 1. The van der Waals surface area contributed by atoms with Crippen molar-refractivity contribution >= 4 is 35.1 Å². The summed E-state index contributed by atoms with van der Waals surface area (Å²) >= 11 is 0. The van der Waals surface area contributed by atoms with Crippen molar-refractivity contribution in [3.8, 4) is 0 Å². The fraction of sp³-hybridized carbons (Fsp3) is 0.240. The first-order valence-corrected chi connectivity index (χ1v) is 10.8. The van der Waals surface area contributed by atoms with Gasteiger partial charge in [0.05, 0.1) is 0 Å². The van der Waals surface area contributed by atoms with Gasteiger partial charge in [0.25, 0.3) is 11.8 Å². The summed E-state index contributed by atoms with van der Waals surface area (Å²) in [5.41, 5.74) is 2.55. The molecular weight excluding hydrogens is 422 g/mol. The lowest BCUT2D eigenvalue weighted by Gasteiger charge is -2.28. The van der Waals surface area contributed by atoms with E-state index in [2.05, 4.69) is 10.6 Å². The molecule has 2 heterocycles. The number of hydrogen-bond donors (Lipinski definition) is 2. The van der Waals surface area contributed by atoms with Gasteiger partial charge in [-0.3, -0.25) is 34.2 Å². The van der Waals surface area contributed by atoms with Gasteiger partial charge in [-0.05, 0) is 36.1 Å². The van der Waals surface area contributed by atoms with Crippen LogP contribution >= 0.6 is 0 Å². The van der Waals surface area contributed by atoms with E-state index < -0.39 is 29.7 Å². The number of nitrogens with one attached hydrogen (secondary N) is 2. The molecule has 1 fully saturated rings. The molecule has 1 atom stereocenters. The molecule has 2 N–H and O–H groups in total. The standard InChI is InChI=1S/C25H23N3O5/c29-19(14-16-5-2-1-3-6-16)10-9-17-7-4-8-18(13-17)26-20-15-23(31)28(25(20)33)21-11-12-22(30)27-24(21)32/h1-8,13,15,21,26H,9-12,14H2,(H,27,30,32). The van der Waals surface area contributed by atoms with Crippen LogP contribution in [-0.4, -0.2) is 40.4 Å². The molecule has 0 saturated carbocycles. The number of rotatable bonds is 8. The predicted molar refractivity (Wildman–Crippen MR) is 120 cm³/mol. The Bertz CT molecular complexity index is 1160. The van der Waals surface area contributed by atoms with Gasteiger partial charge in [0.2, 0.25) is 11.8 Å². The number of nitrogens with zero attached hydrogens (tertiary/aromatic N) is 1. The minimum absolute atomic E-state index is 0.0574. The largest absolute Gasteiger partial charge is 0.351 e. The molecule has 2 aliphatic heterocycles. The Morgan fingerprint density at radius 3 is 2.52 bits per heavy atom. The predicted octanol–water partition coefficient (Wildman–Crippen LogP) is 1.90. The molecule has 8 heteroatoms. The van der Waals surface area contributed by atoms with E-state index in [1.165, 1.54) is 0 Å². The van der Waals surface area contributed by atoms with Gasteiger partial charge in [-0.25, -0.2) is 0 Å². The zero-order chi connectivity index (χ0) is 23.4. The number of carbonyl (C=O) groups is 5. The van der Waals surface area contributed by atoms with Crippen LogP contribution in [0, 0.1) is 0 Å². The number of anilines is 1. The number of ketones is 1.